The number of carbonyl (C=O) groups excluding carboxylic acids is 3. The van der Waals surface area contributed by atoms with E-state index >= 15 is 0 Å². The van der Waals surface area contributed by atoms with Crippen LogP contribution >= 0.6 is 0 Å². The van der Waals surface area contributed by atoms with Crippen LogP contribution in [0.15, 0.2) is 46.8 Å². The summed E-state index contributed by atoms with van der Waals surface area (Å²) in [6, 6.07) is 7.36. The van der Waals surface area contributed by atoms with Crippen molar-refractivity contribution in [2.75, 3.05) is 20.3 Å². The highest BCUT2D eigenvalue weighted by Gasteiger charge is 2.47. The van der Waals surface area contributed by atoms with Gasteiger partial charge in [0, 0.05) is 22.9 Å². The van der Waals surface area contributed by atoms with Crippen molar-refractivity contribution in [3.63, 3.8) is 0 Å². The van der Waals surface area contributed by atoms with E-state index in [0.717, 1.165) is 11.3 Å². The van der Waals surface area contributed by atoms with Gasteiger partial charge in [-0.25, -0.2) is 4.79 Å². The standard InChI is InChI=1S/C25H31NO6/c1-6-11-32-25(29)20-15(4)26-18-12-14(3)19(24(28)30-5)23(27)22(18)21(20)16-9-8-10-17(13-16)31-7-2/h8-10,13-14,19,21,26H,6-7,11-12H2,1-5H3/t14-,19+,21-/m0/s1. The highest BCUT2D eigenvalue weighted by atomic mass is 16.5. The smallest absolute Gasteiger partial charge is 0.336 e. The first-order valence-electron chi connectivity index (χ1n) is 11.1. The fourth-order valence-electron chi connectivity index (χ4n) is 4.51. The Bertz CT molecular complexity index is 976. The average molecular weight is 442 g/mol. The van der Waals surface area contributed by atoms with Crippen LogP contribution in [0.1, 0.15) is 52.0 Å². The van der Waals surface area contributed by atoms with Gasteiger partial charge in [-0.3, -0.25) is 9.59 Å². The average Bonchev–Trinajstić information content (AvgIpc) is 2.76. The van der Waals surface area contributed by atoms with Crippen LogP contribution in [-0.2, 0) is 23.9 Å². The van der Waals surface area contributed by atoms with Crippen LogP contribution in [0.3, 0.4) is 0 Å². The Morgan fingerprint density at radius 3 is 2.62 bits per heavy atom. The molecule has 0 amide bonds. The molecule has 172 valence electrons. The first-order valence-corrected chi connectivity index (χ1v) is 11.1. The van der Waals surface area contributed by atoms with E-state index in [2.05, 4.69) is 5.32 Å². The summed E-state index contributed by atoms with van der Waals surface area (Å²) in [6.07, 6.45) is 1.18. The first kappa shape index (κ1) is 23.6. The number of benzene rings is 1. The predicted octanol–water partition coefficient (Wildman–Crippen LogP) is 3.65. The van der Waals surface area contributed by atoms with Gasteiger partial charge in [0.25, 0.3) is 0 Å². The third kappa shape index (κ3) is 4.42. The van der Waals surface area contributed by atoms with E-state index in [1.54, 1.807) is 0 Å². The van der Waals surface area contributed by atoms with Gasteiger partial charge in [0.1, 0.15) is 11.7 Å². The minimum Gasteiger partial charge on any atom is -0.494 e. The molecule has 0 saturated heterocycles. The Labute approximate surface area is 188 Å². The topological polar surface area (TPSA) is 90.9 Å². The molecule has 7 nitrogen and oxygen atoms in total. The minimum atomic E-state index is -0.913. The molecule has 32 heavy (non-hydrogen) atoms. The van der Waals surface area contributed by atoms with Crippen molar-refractivity contribution in [2.45, 2.75) is 46.5 Å². The van der Waals surface area contributed by atoms with Gasteiger partial charge >= 0.3 is 11.9 Å². The number of dihydropyridines is 1. The monoisotopic (exact) mass is 441 g/mol. The molecule has 0 spiro atoms. The van der Waals surface area contributed by atoms with Gasteiger partial charge < -0.3 is 19.5 Å². The number of allylic oxidation sites excluding steroid dienone is 3. The lowest BCUT2D eigenvalue weighted by atomic mass is 9.69. The van der Waals surface area contributed by atoms with Crippen molar-refractivity contribution in [3.8, 4) is 5.75 Å². The molecule has 0 radical (unpaired) electrons. The Morgan fingerprint density at radius 1 is 1.22 bits per heavy atom. The Balaban J connectivity index is 2.16. The summed E-state index contributed by atoms with van der Waals surface area (Å²) >= 11 is 0. The van der Waals surface area contributed by atoms with Gasteiger partial charge in [-0.2, -0.15) is 0 Å². The fourth-order valence-corrected chi connectivity index (χ4v) is 4.51. The van der Waals surface area contributed by atoms with E-state index < -0.39 is 23.8 Å². The lowest BCUT2D eigenvalue weighted by Gasteiger charge is -2.38. The molecule has 1 aromatic rings. The number of nitrogens with one attached hydrogen (secondary N) is 1. The zero-order chi connectivity index (χ0) is 23.4. The van der Waals surface area contributed by atoms with Crippen molar-refractivity contribution in [3.05, 3.63) is 52.4 Å². The van der Waals surface area contributed by atoms with Crippen LogP contribution in [-0.4, -0.2) is 38.0 Å². The molecule has 3 rings (SSSR count). The largest absolute Gasteiger partial charge is 0.494 e. The van der Waals surface area contributed by atoms with E-state index in [4.69, 9.17) is 14.2 Å². The molecule has 1 aromatic carbocycles. The minimum absolute atomic E-state index is 0.224. The maximum atomic E-state index is 13.6. The predicted molar refractivity (Wildman–Crippen MR) is 119 cm³/mol. The summed E-state index contributed by atoms with van der Waals surface area (Å²) in [7, 11) is 1.28. The van der Waals surface area contributed by atoms with Gasteiger partial charge in [0.2, 0.25) is 0 Å². The number of methoxy groups -OCH3 is 1. The molecule has 1 aliphatic carbocycles. The van der Waals surface area contributed by atoms with Crippen molar-refractivity contribution < 1.29 is 28.6 Å². The Kier molecular flexibility index (Phi) is 7.38. The SMILES string of the molecule is CCCOC(=O)C1=C(C)NC2=C(C(=O)[C@H](C(=O)OC)[C@@H](C)C2)[C@H]1c1cccc(OCC)c1. The van der Waals surface area contributed by atoms with Crippen molar-refractivity contribution in [1.82, 2.24) is 5.32 Å². The molecule has 2 aliphatic rings. The molecular weight excluding hydrogens is 410 g/mol. The number of hydrogen-bond donors (Lipinski definition) is 1. The Hall–Kier alpha value is -3.09. The van der Waals surface area contributed by atoms with Crippen LogP contribution in [0.25, 0.3) is 0 Å². The number of carbonyl (C=O) groups is 3. The lowest BCUT2D eigenvalue weighted by Crippen LogP contribution is -2.43. The van der Waals surface area contributed by atoms with Gasteiger partial charge in [0.05, 0.1) is 25.9 Å². The lowest BCUT2D eigenvalue weighted by molar-refractivity contribution is -0.151. The van der Waals surface area contributed by atoms with E-state index in [0.29, 0.717) is 42.0 Å². The van der Waals surface area contributed by atoms with Crippen molar-refractivity contribution in [2.24, 2.45) is 11.8 Å². The van der Waals surface area contributed by atoms with Gasteiger partial charge in [-0.05, 0) is 50.3 Å². The van der Waals surface area contributed by atoms with Crippen molar-refractivity contribution in [1.29, 1.82) is 0 Å². The van der Waals surface area contributed by atoms with E-state index in [9.17, 15) is 14.4 Å². The van der Waals surface area contributed by atoms with Gasteiger partial charge in [0.15, 0.2) is 5.78 Å². The molecule has 0 aromatic heterocycles. The highest BCUT2D eigenvalue weighted by molar-refractivity contribution is 6.12. The molecule has 0 fully saturated rings. The molecule has 0 unspecified atom stereocenters. The zero-order valence-corrected chi connectivity index (χ0v) is 19.3. The van der Waals surface area contributed by atoms with E-state index in [1.807, 2.05) is 52.0 Å². The number of rotatable bonds is 7. The number of esters is 2. The van der Waals surface area contributed by atoms with Crippen LogP contribution in [0.2, 0.25) is 0 Å². The summed E-state index contributed by atoms with van der Waals surface area (Å²) in [5.74, 6) is -2.51. The van der Waals surface area contributed by atoms with Crippen LogP contribution < -0.4 is 10.1 Å². The van der Waals surface area contributed by atoms with Crippen LogP contribution in [0.4, 0.5) is 0 Å². The van der Waals surface area contributed by atoms with Gasteiger partial charge in [-0.1, -0.05) is 26.0 Å². The second kappa shape index (κ2) is 10.0. The molecule has 3 atom stereocenters. The third-order valence-corrected chi connectivity index (χ3v) is 5.90. The number of ether oxygens (including phenoxy) is 3. The van der Waals surface area contributed by atoms with Crippen molar-refractivity contribution >= 4 is 17.7 Å². The second-order valence-corrected chi connectivity index (χ2v) is 8.18. The maximum absolute atomic E-state index is 13.6. The summed E-state index contributed by atoms with van der Waals surface area (Å²) in [4.78, 5) is 39.2. The first-order chi connectivity index (χ1) is 15.3. The molecule has 1 N–H and O–H groups in total. The summed E-state index contributed by atoms with van der Waals surface area (Å²) in [5, 5.41) is 3.26. The fraction of sp³-hybridized carbons (Fsp3) is 0.480. The van der Waals surface area contributed by atoms with Crippen LogP contribution in [0.5, 0.6) is 5.75 Å². The molecule has 1 heterocycles. The summed E-state index contributed by atoms with van der Waals surface area (Å²) in [6.45, 7) is 8.26. The molecule has 0 bridgehead atoms. The quantitative estimate of drug-likeness (QED) is 0.510. The molecule has 7 heteroatoms. The van der Waals surface area contributed by atoms with E-state index in [-0.39, 0.29) is 18.3 Å². The number of ketones is 1. The molecular formula is C25H31NO6. The van der Waals surface area contributed by atoms with Crippen LogP contribution in [0, 0.1) is 11.8 Å². The zero-order valence-electron chi connectivity index (χ0n) is 19.3. The summed E-state index contributed by atoms with van der Waals surface area (Å²) in [5.41, 5.74) is 2.91. The second-order valence-electron chi connectivity index (χ2n) is 8.18. The number of hydrogen-bond acceptors (Lipinski definition) is 7. The van der Waals surface area contributed by atoms with Gasteiger partial charge in [-0.15, -0.1) is 0 Å². The third-order valence-electron chi connectivity index (χ3n) is 5.90. The van der Waals surface area contributed by atoms with E-state index in [1.165, 1.54) is 7.11 Å². The number of Topliss-reactive ketones (excluding diaryl/α,β-unsaturated/α-hetero) is 1. The Morgan fingerprint density at radius 2 is 1.97 bits per heavy atom. The summed E-state index contributed by atoms with van der Waals surface area (Å²) < 4.78 is 16.1. The normalized spacial score (nSPS) is 22.8. The highest BCUT2D eigenvalue weighted by Crippen LogP contribution is 2.45. The molecule has 0 saturated carbocycles. The maximum Gasteiger partial charge on any atom is 0.336 e. The molecule has 1 aliphatic heterocycles.